The van der Waals surface area contributed by atoms with Crippen molar-refractivity contribution in [3.05, 3.63) is 82.9 Å². The Hall–Kier alpha value is -3.25. The van der Waals surface area contributed by atoms with E-state index in [-0.39, 0.29) is 21.7 Å². The molecule has 0 bridgehead atoms. The lowest BCUT2D eigenvalue weighted by molar-refractivity contribution is -0.141. The van der Waals surface area contributed by atoms with Crippen LogP contribution in [0.15, 0.2) is 59.5 Å². The number of aromatic amines is 1. The van der Waals surface area contributed by atoms with Crippen LogP contribution in [0.3, 0.4) is 0 Å². The number of sulfonamides is 1. The van der Waals surface area contributed by atoms with Crippen molar-refractivity contribution in [3.8, 4) is 0 Å². The number of aromatic nitrogens is 2. The predicted molar refractivity (Wildman–Crippen MR) is 102 cm³/mol. The molecule has 164 valence electrons. The third-order valence-corrected chi connectivity index (χ3v) is 5.64. The van der Waals surface area contributed by atoms with Crippen LogP contribution in [0.5, 0.6) is 0 Å². The summed E-state index contributed by atoms with van der Waals surface area (Å²) in [5.41, 5.74) is -3.54. The van der Waals surface area contributed by atoms with Gasteiger partial charge in [-0.15, -0.1) is 0 Å². The van der Waals surface area contributed by atoms with Crippen molar-refractivity contribution < 1.29 is 30.8 Å². The number of nitrogens with zero attached hydrogens (tertiary/aromatic N) is 1. The molecule has 7 nitrogen and oxygen atoms in total. The summed E-state index contributed by atoms with van der Waals surface area (Å²) in [4.78, 5) is 12.9. The number of rotatable bonds is 5. The molecule has 0 aliphatic carbocycles. The van der Waals surface area contributed by atoms with E-state index in [2.05, 4.69) is 15.5 Å². The fourth-order valence-electron chi connectivity index (χ4n) is 3.33. The first kappa shape index (κ1) is 22.4. The van der Waals surface area contributed by atoms with Crippen LogP contribution in [0, 0.1) is 5.82 Å². The fraction of sp³-hybridized carbons (Fsp3) is 0.158. The third kappa shape index (κ3) is 4.03. The lowest BCUT2D eigenvalue weighted by atomic mass is 9.71. The van der Waals surface area contributed by atoms with Crippen molar-refractivity contribution in [1.82, 2.24) is 15.5 Å². The average molecular weight is 456 g/mol. The maximum atomic E-state index is 14.1. The van der Waals surface area contributed by atoms with Gasteiger partial charge in [-0.05, 0) is 41.5 Å². The van der Waals surface area contributed by atoms with Crippen molar-refractivity contribution in [3.63, 3.8) is 0 Å². The molecule has 31 heavy (non-hydrogen) atoms. The van der Waals surface area contributed by atoms with Gasteiger partial charge in [0.15, 0.2) is 5.69 Å². The van der Waals surface area contributed by atoms with E-state index in [9.17, 15) is 30.8 Å². The van der Waals surface area contributed by atoms with Crippen LogP contribution in [-0.2, 0) is 26.4 Å². The standard InChI is InChI=1S/C19H16F4N4O3S/c1-25-17(28)18(12-3-2-4-13(20)9-12,15-10-16(27-26-15)19(21,22)23)11-5-7-14(8-6-11)31(24,29)30/h2-10H,1H3,(H,25,28)(H,26,27)(H2,24,29,30). The average Bonchev–Trinajstić information content (AvgIpc) is 3.19. The summed E-state index contributed by atoms with van der Waals surface area (Å²) in [6.07, 6.45) is -4.80. The van der Waals surface area contributed by atoms with Gasteiger partial charge in [0.25, 0.3) is 0 Å². The minimum absolute atomic E-state index is 0.00687. The second-order valence-corrected chi connectivity index (χ2v) is 8.13. The number of carbonyl (C=O) groups excluding carboxylic acids is 1. The normalized spacial score (nSPS) is 14.1. The van der Waals surface area contributed by atoms with E-state index >= 15 is 0 Å². The summed E-state index contributed by atoms with van der Waals surface area (Å²) >= 11 is 0. The van der Waals surface area contributed by atoms with E-state index in [4.69, 9.17) is 5.14 Å². The molecule has 3 rings (SSSR count). The number of likely N-dealkylation sites (N-methyl/N-ethyl adjacent to an activating group) is 1. The van der Waals surface area contributed by atoms with E-state index in [1.165, 1.54) is 31.3 Å². The molecule has 0 spiro atoms. The first-order valence-electron chi connectivity index (χ1n) is 8.65. The molecule has 1 unspecified atom stereocenters. The number of nitrogens with one attached hydrogen (secondary N) is 2. The zero-order valence-corrected chi connectivity index (χ0v) is 16.7. The summed E-state index contributed by atoms with van der Waals surface area (Å²) in [6.45, 7) is 0. The predicted octanol–water partition coefficient (Wildman–Crippen LogP) is 2.30. The van der Waals surface area contributed by atoms with Gasteiger partial charge in [-0.25, -0.2) is 17.9 Å². The van der Waals surface area contributed by atoms with Gasteiger partial charge in [0.2, 0.25) is 15.9 Å². The van der Waals surface area contributed by atoms with E-state index in [0.717, 1.165) is 24.3 Å². The summed E-state index contributed by atoms with van der Waals surface area (Å²) in [6, 6.07) is 10.0. The summed E-state index contributed by atoms with van der Waals surface area (Å²) in [7, 11) is -2.81. The molecule has 3 aromatic rings. The molecular formula is C19H16F4N4O3S. The molecule has 0 aliphatic rings. The summed E-state index contributed by atoms with van der Waals surface area (Å²) in [5, 5.41) is 13.0. The van der Waals surface area contributed by atoms with Crippen molar-refractivity contribution in [2.75, 3.05) is 7.05 Å². The Bertz CT molecular complexity index is 1220. The number of alkyl halides is 3. The highest BCUT2D eigenvalue weighted by Gasteiger charge is 2.47. The number of carbonyl (C=O) groups is 1. The number of amides is 1. The Morgan fingerprint density at radius 2 is 1.71 bits per heavy atom. The zero-order valence-electron chi connectivity index (χ0n) is 15.9. The highest BCUT2D eigenvalue weighted by Crippen LogP contribution is 2.41. The second-order valence-electron chi connectivity index (χ2n) is 6.57. The topological polar surface area (TPSA) is 118 Å². The smallest absolute Gasteiger partial charge is 0.358 e. The third-order valence-electron chi connectivity index (χ3n) is 4.71. The first-order chi connectivity index (χ1) is 14.4. The summed E-state index contributed by atoms with van der Waals surface area (Å²) < 4.78 is 76.9. The molecule has 0 saturated carbocycles. The van der Waals surface area contributed by atoms with Crippen molar-refractivity contribution in [2.24, 2.45) is 5.14 Å². The number of primary sulfonamides is 1. The zero-order chi connectivity index (χ0) is 23.0. The Morgan fingerprint density at radius 1 is 1.06 bits per heavy atom. The van der Waals surface area contributed by atoms with Crippen LogP contribution < -0.4 is 10.5 Å². The van der Waals surface area contributed by atoms with Gasteiger partial charge in [0, 0.05) is 7.05 Å². The molecule has 0 saturated heterocycles. The van der Waals surface area contributed by atoms with E-state index in [1.54, 1.807) is 0 Å². The maximum Gasteiger partial charge on any atom is 0.435 e. The number of H-pyrrole nitrogens is 1. The van der Waals surface area contributed by atoms with Gasteiger partial charge in [0.05, 0.1) is 10.6 Å². The van der Waals surface area contributed by atoms with Crippen LogP contribution in [0.4, 0.5) is 17.6 Å². The van der Waals surface area contributed by atoms with Gasteiger partial charge in [-0.3, -0.25) is 9.89 Å². The van der Waals surface area contributed by atoms with Crippen molar-refractivity contribution in [1.29, 1.82) is 0 Å². The molecular weight excluding hydrogens is 440 g/mol. The number of hydrogen-bond acceptors (Lipinski definition) is 4. The molecule has 0 aliphatic heterocycles. The molecule has 1 aromatic heterocycles. The maximum absolute atomic E-state index is 14.1. The minimum Gasteiger partial charge on any atom is -0.358 e. The Kier molecular flexibility index (Phi) is 5.63. The van der Waals surface area contributed by atoms with Crippen LogP contribution in [0.1, 0.15) is 22.5 Å². The largest absolute Gasteiger partial charge is 0.435 e. The molecule has 0 radical (unpaired) electrons. The van der Waals surface area contributed by atoms with Crippen molar-refractivity contribution in [2.45, 2.75) is 16.5 Å². The minimum atomic E-state index is -4.80. The SMILES string of the molecule is CNC(=O)C(c1ccc(S(N)(=O)=O)cc1)(c1cccc(F)c1)c1cc(C(F)(F)F)n[nH]1. The molecule has 1 heterocycles. The lowest BCUT2D eigenvalue weighted by Gasteiger charge is -2.32. The van der Waals surface area contributed by atoms with Crippen LogP contribution in [0.25, 0.3) is 0 Å². The molecule has 1 atom stereocenters. The monoisotopic (exact) mass is 456 g/mol. The van der Waals surface area contributed by atoms with Gasteiger partial charge in [-0.1, -0.05) is 24.3 Å². The number of benzene rings is 2. The van der Waals surface area contributed by atoms with E-state index in [1.807, 2.05) is 0 Å². The van der Waals surface area contributed by atoms with Gasteiger partial charge in [0.1, 0.15) is 11.2 Å². The quantitative estimate of drug-likeness (QED) is 0.511. The highest BCUT2D eigenvalue weighted by molar-refractivity contribution is 7.89. The molecule has 2 aromatic carbocycles. The second kappa shape index (κ2) is 7.78. The Labute approximate surface area is 174 Å². The fourth-order valence-corrected chi connectivity index (χ4v) is 3.84. The van der Waals surface area contributed by atoms with Crippen LogP contribution in [-0.4, -0.2) is 31.6 Å². The van der Waals surface area contributed by atoms with E-state index < -0.39 is 39.0 Å². The Balaban J connectivity index is 2.38. The van der Waals surface area contributed by atoms with Gasteiger partial charge >= 0.3 is 6.18 Å². The van der Waals surface area contributed by atoms with Crippen LogP contribution >= 0.6 is 0 Å². The molecule has 4 N–H and O–H groups in total. The first-order valence-corrected chi connectivity index (χ1v) is 10.2. The van der Waals surface area contributed by atoms with Crippen molar-refractivity contribution >= 4 is 15.9 Å². The highest BCUT2D eigenvalue weighted by atomic mass is 32.2. The molecule has 1 amide bonds. The molecule has 0 fully saturated rings. The van der Waals surface area contributed by atoms with Crippen LogP contribution in [0.2, 0.25) is 0 Å². The number of nitrogens with two attached hydrogens (primary N) is 1. The molecule has 12 heteroatoms. The van der Waals surface area contributed by atoms with Gasteiger partial charge < -0.3 is 5.32 Å². The lowest BCUT2D eigenvalue weighted by Crippen LogP contribution is -2.45. The number of halogens is 4. The Morgan fingerprint density at radius 3 is 2.19 bits per heavy atom. The number of hydrogen-bond donors (Lipinski definition) is 3. The van der Waals surface area contributed by atoms with Gasteiger partial charge in [-0.2, -0.15) is 18.3 Å². The summed E-state index contributed by atoms with van der Waals surface area (Å²) in [5.74, 6) is -1.54. The van der Waals surface area contributed by atoms with E-state index in [0.29, 0.717) is 6.07 Å².